The lowest BCUT2D eigenvalue weighted by atomic mass is 10.0. The van der Waals surface area contributed by atoms with Crippen LogP contribution in [0.1, 0.15) is 30.6 Å². The smallest absolute Gasteiger partial charge is 0.0897 e. The lowest BCUT2D eigenvalue weighted by Crippen LogP contribution is -2.46. The van der Waals surface area contributed by atoms with Gasteiger partial charge in [0.1, 0.15) is 0 Å². The molecular weight excluding hydrogens is 238 g/mol. The van der Waals surface area contributed by atoms with Crippen molar-refractivity contribution in [2.24, 2.45) is 0 Å². The molecule has 2 rings (SSSR count). The van der Waals surface area contributed by atoms with Gasteiger partial charge in [-0.25, -0.2) is 0 Å². The Balaban J connectivity index is 2.12. The molecule has 2 heterocycles. The topological polar surface area (TPSA) is 37.4 Å². The molecule has 0 spiro atoms. The molecule has 0 amide bonds. The van der Waals surface area contributed by atoms with Crippen LogP contribution in [0.2, 0.25) is 0 Å². The standard InChI is InChI=1S/C15H25N3O/c1-4-7-16-15(13-6-5-12(2)17-10-13)14-11-18(3)8-9-19-14/h5-6,10,14-16H,4,7-9,11H2,1-3H3. The van der Waals surface area contributed by atoms with E-state index in [4.69, 9.17) is 4.74 Å². The molecule has 1 aromatic rings. The van der Waals surface area contributed by atoms with Crippen LogP contribution in [-0.4, -0.2) is 49.3 Å². The van der Waals surface area contributed by atoms with Crippen molar-refractivity contribution >= 4 is 0 Å². The number of nitrogens with one attached hydrogen (secondary N) is 1. The van der Waals surface area contributed by atoms with Crippen molar-refractivity contribution in [3.05, 3.63) is 29.6 Å². The van der Waals surface area contributed by atoms with Crippen molar-refractivity contribution in [2.75, 3.05) is 33.3 Å². The SMILES string of the molecule is CCCNC(c1ccc(C)nc1)C1CN(C)CCO1. The first kappa shape index (κ1) is 14.4. The Hall–Kier alpha value is -0.970. The number of aromatic nitrogens is 1. The van der Waals surface area contributed by atoms with Gasteiger partial charge in [0.05, 0.1) is 18.8 Å². The largest absolute Gasteiger partial charge is 0.374 e. The van der Waals surface area contributed by atoms with Crippen LogP contribution >= 0.6 is 0 Å². The van der Waals surface area contributed by atoms with Gasteiger partial charge in [-0.2, -0.15) is 0 Å². The Bertz CT molecular complexity index is 379. The number of ether oxygens (including phenoxy) is 1. The van der Waals surface area contributed by atoms with E-state index in [1.807, 2.05) is 13.1 Å². The molecule has 4 heteroatoms. The number of aryl methyl sites for hydroxylation is 1. The molecule has 0 bridgehead atoms. The van der Waals surface area contributed by atoms with Gasteiger partial charge < -0.3 is 15.0 Å². The van der Waals surface area contributed by atoms with E-state index >= 15 is 0 Å². The van der Waals surface area contributed by atoms with E-state index in [1.165, 1.54) is 5.56 Å². The molecule has 1 aliphatic rings. The monoisotopic (exact) mass is 263 g/mol. The highest BCUT2D eigenvalue weighted by Crippen LogP contribution is 2.21. The second-order valence-electron chi connectivity index (χ2n) is 5.34. The molecule has 1 aromatic heterocycles. The molecule has 2 atom stereocenters. The zero-order valence-corrected chi connectivity index (χ0v) is 12.2. The molecule has 4 nitrogen and oxygen atoms in total. The van der Waals surface area contributed by atoms with E-state index in [9.17, 15) is 0 Å². The fourth-order valence-corrected chi connectivity index (χ4v) is 2.44. The molecule has 19 heavy (non-hydrogen) atoms. The maximum atomic E-state index is 5.96. The maximum absolute atomic E-state index is 5.96. The average molecular weight is 263 g/mol. The zero-order chi connectivity index (χ0) is 13.7. The lowest BCUT2D eigenvalue weighted by molar-refractivity contribution is -0.0392. The van der Waals surface area contributed by atoms with E-state index in [2.05, 4.69) is 41.3 Å². The van der Waals surface area contributed by atoms with Gasteiger partial charge in [-0.15, -0.1) is 0 Å². The molecule has 2 unspecified atom stereocenters. The van der Waals surface area contributed by atoms with E-state index in [0.29, 0.717) is 0 Å². The third-order valence-electron chi connectivity index (χ3n) is 3.58. The van der Waals surface area contributed by atoms with Gasteiger partial charge in [0.2, 0.25) is 0 Å². The highest BCUT2D eigenvalue weighted by molar-refractivity contribution is 5.19. The van der Waals surface area contributed by atoms with Crippen LogP contribution in [-0.2, 0) is 4.74 Å². The summed E-state index contributed by atoms with van der Waals surface area (Å²) in [6, 6.07) is 4.46. The molecule has 1 fully saturated rings. The highest BCUT2D eigenvalue weighted by atomic mass is 16.5. The summed E-state index contributed by atoms with van der Waals surface area (Å²) in [4.78, 5) is 6.74. The summed E-state index contributed by atoms with van der Waals surface area (Å²) >= 11 is 0. The Morgan fingerprint density at radius 2 is 2.37 bits per heavy atom. The summed E-state index contributed by atoms with van der Waals surface area (Å²) in [5.41, 5.74) is 2.28. The summed E-state index contributed by atoms with van der Waals surface area (Å²) in [5.74, 6) is 0. The van der Waals surface area contributed by atoms with Crippen LogP contribution in [0.25, 0.3) is 0 Å². The number of likely N-dealkylation sites (N-methyl/N-ethyl adjacent to an activating group) is 1. The van der Waals surface area contributed by atoms with E-state index < -0.39 is 0 Å². The third-order valence-corrected chi connectivity index (χ3v) is 3.58. The number of morpholine rings is 1. The van der Waals surface area contributed by atoms with Gasteiger partial charge in [0.15, 0.2) is 0 Å². The lowest BCUT2D eigenvalue weighted by Gasteiger charge is -2.35. The van der Waals surface area contributed by atoms with Crippen molar-refractivity contribution in [2.45, 2.75) is 32.4 Å². The van der Waals surface area contributed by atoms with Crippen molar-refractivity contribution in [3.63, 3.8) is 0 Å². The Kier molecular flexibility index (Phi) is 5.31. The normalized spacial score (nSPS) is 22.4. The summed E-state index contributed by atoms with van der Waals surface area (Å²) in [6.07, 6.45) is 3.30. The molecule has 106 valence electrons. The first-order chi connectivity index (χ1) is 9.20. The van der Waals surface area contributed by atoms with Gasteiger partial charge in [-0.05, 0) is 38.6 Å². The minimum atomic E-state index is 0.204. The van der Waals surface area contributed by atoms with Gasteiger partial charge in [0, 0.05) is 25.0 Å². The first-order valence-electron chi connectivity index (χ1n) is 7.16. The molecule has 0 radical (unpaired) electrons. The second-order valence-corrected chi connectivity index (χ2v) is 5.34. The van der Waals surface area contributed by atoms with Crippen LogP contribution < -0.4 is 5.32 Å². The number of rotatable bonds is 5. The number of pyridine rings is 1. The van der Waals surface area contributed by atoms with E-state index in [0.717, 1.165) is 38.4 Å². The van der Waals surface area contributed by atoms with Crippen molar-refractivity contribution in [3.8, 4) is 0 Å². The predicted molar refractivity (Wildman–Crippen MR) is 77.2 cm³/mol. The van der Waals surface area contributed by atoms with Crippen LogP contribution in [0.3, 0.4) is 0 Å². The molecule has 0 saturated carbocycles. The fourth-order valence-electron chi connectivity index (χ4n) is 2.44. The molecular formula is C15H25N3O. The zero-order valence-electron chi connectivity index (χ0n) is 12.2. The second kappa shape index (κ2) is 6.98. The summed E-state index contributed by atoms with van der Waals surface area (Å²) < 4.78 is 5.96. The molecule has 1 saturated heterocycles. The predicted octanol–water partition coefficient (Wildman–Crippen LogP) is 1.76. The van der Waals surface area contributed by atoms with E-state index in [-0.39, 0.29) is 12.1 Å². The summed E-state index contributed by atoms with van der Waals surface area (Å²) in [6.45, 7) is 8.00. The fraction of sp³-hybridized carbons (Fsp3) is 0.667. The van der Waals surface area contributed by atoms with Crippen molar-refractivity contribution < 1.29 is 4.74 Å². The number of hydrogen-bond donors (Lipinski definition) is 1. The number of hydrogen-bond acceptors (Lipinski definition) is 4. The average Bonchev–Trinajstić information content (AvgIpc) is 2.41. The quantitative estimate of drug-likeness (QED) is 0.878. The van der Waals surface area contributed by atoms with Crippen LogP contribution in [0.4, 0.5) is 0 Å². The maximum Gasteiger partial charge on any atom is 0.0897 e. The van der Waals surface area contributed by atoms with E-state index in [1.54, 1.807) is 0 Å². The van der Waals surface area contributed by atoms with Crippen LogP contribution in [0.15, 0.2) is 18.3 Å². The minimum absolute atomic E-state index is 0.204. The Morgan fingerprint density at radius 3 is 3.00 bits per heavy atom. The summed E-state index contributed by atoms with van der Waals surface area (Å²) in [7, 11) is 2.15. The van der Waals surface area contributed by atoms with Gasteiger partial charge >= 0.3 is 0 Å². The van der Waals surface area contributed by atoms with Gasteiger partial charge in [-0.1, -0.05) is 13.0 Å². The summed E-state index contributed by atoms with van der Waals surface area (Å²) in [5, 5.41) is 3.60. The highest BCUT2D eigenvalue weighted by Gasteiger charge is 2.27. The van der Waals surface area contributed by atoms with Crippen molar-refractivity contribution in [1.82, 2.24) is 15.2 Å². The molecule has 1 N–H and O–H groups in total. The van der Waals surface area contributed by atoms with Gasteiger partial charge in [-0.3, -0.25) is 4.98 Å². The number of nitrogens with zero attached hydrogens (tertiary/aromatic N) is 2. The molecule has 0 aromatic carbocycles. The van der Waals surface area contributed by atoms with Crippen molar-refractivity contribution in [1.29, 1.82) is 0 Å². The van der Waals surface area contributed by atoms with Gasteiger partial charge in [0.25, 0.3) is 0 Å². The Labute approximate surface area is 116 Å². The Morgan fingerprint density at radius 1 is 1.53 bits per heavy atom. The van der Waals surface area contributed by atoms with Crippen LogP contribution in [0.5, 0.6) is 0 Å². The molecule has 1 aliphatic heterocycles. The third kappa shape index (κ3) is 4.00. The first-order valence-corrected chi connectivity index (χ1v) is 7.16. The minimum Gasteiger partial charge on any atom is -0.374 e. The molecule has 0 aliphatic carbocycles. The van der Waals surface area contributed by atoms with Crippen LogP contribution in [0, 0.1) is 6.92 Å².